The molecule has 0 radical (unpaired) electrons. The van der Waals surface area contributed by atoms with E-state index in [2.05, 4.69) is 14.9 Å². The molecule has 0 bridgehead atoms. The van der Waals surface area contributed by atoms with Crippen LogP contribution in [0.4, 0.5) is 0 Å². The zero-order valence-electron chi connectivity index (χ0n) is 11.0. The third kappa shape index (κ3) is 4.82. The maximum atomic E-state index is 10.9. The molecule has 1 aromatic heterocycles. The van der Waals surface area contributed by atoms with Crippen LogP contribution in [-0.2, 0) is 6.54 Å². The van der Waals surface area contributed by atoms with E-state index in [0.717, 1.165) is 30.2 Å². The van der Waals surface area contributed by atoms with Crippen LogP contribution in [0.1, 0.15) is 16.1 Å². The average Bonchev–Trinajstić information content (AvgIpc) is 2.46. The van der Waals surface area contributed by atoms with Crippen molar-refractivity contribution in [3.63, 3.8) is 0 Å². The molecule has 0 atom stereocenters. The van der Waals surface area contributed by atoms with E-state index in [9.17, 15) is 4.79 Å². The van der Waals surface area contributed by atoms with Crippen LogP contribution >= 0.6 is 35.7 Å². The average molecular weight is 407 g/mol. The standard InChI is InChI=1S/C12H17N5OS.HI/c13-11(18)10-2-1-9(7-15-10)8-16-12(14)17-3-5-19-6-4-17;/h1-2,7H,3-6,8H2,(H2,13,18)(H2,14,16);1H. The molecule has 0 unspecified atom stereocenters. The third-order valence-electron chi connectivity index (χ3n) is 2.84. The largest absolute Gasteiger partial charge is 0.370 e. The summed E-state index contributed by atoms with van der Waals surface area (Å²) < 4.78 is 0. The molecular weight excluding hydrogens is 389 g/mol. The molecular formula is C12H18IN5OS. The number of aromatic nitrogens is 1. The van der Waals surface area contributed by atoms with Crippen LogP contribution in [0.3, 0.4) is 0 Å². The van der Waals surface area contributed by atoms with Gasteiger partial charge in [-0.2, -0.15) is 11.8 Å². The molecule has 4 N–H and O–H groups in total. The van der Waals surface area contributed by atoms with Crippen LogP contribution in [0.2, 0.25) is 0 Å². The van der Waals surface area contributed by atoms with Gasteiger partial charge in [0.1, 0.15) is 5.69 Å². The molecule has 1 aliphatic heterocycles. The molecule has 1 saturated heterocycles. The van der Waals surface area contributed by atoms with Gasteiger partial charge in [-0.25, -0.2) is 4.99 Å². The minimum Gasteiger partial charge on any atom is -0.370 e. The molecule has 1 aromatic rings. The molecule has 0 aromatic carbocycles. The first-order chi connectivity index (χ1) is 9.16. The quantitative estimate of drug-likeness (QED) is 0.436. The number of nitrogens with two attached hydrogens (primary N) is 2. The summed E-state index contributed by atoms with van der Waals surface area (Å²) in [5.74, 6) is 2.22. The minimum absolute atomic E-state index is 0. The first-order valence-corrected chi connectivity index (χ1v) is 7.19. The molecule has 2 heterocycles. The van der Waals surface area contributed by atoms with Gasteiger partial charge >= 0.3 is 0 Å². The Hall–Kier alpha value is -1.03. The third-order valence-corrected chi connectivity index (χ3v) is 3.78. The van der Waals surface area contributed by atoms with Crippen molar-refractivity contribution in [2.24, 2.45) is 16.5 Å². The zero-order valence-corrected chi connectivity index (χ0v) is 14.1. The van der Waals surface area contributed by atoms with E-state index >= 15 is 0 Å². The summed E-state index contributed by atoms with van der Waals surface area (Å²) in [7, 11) is 0. The summed E-state index contributed by atoms with van der Waals surface area (Å²) in [5.41, 5.74) is 12.2. The van der Waals surface area contributed by atoms with E-state index < -0.39 is 5.91 Å². The molecule has 2 rings (SSSR count). The summed E-state index contributed by atoms with van der Waals surface area (Å²) in [6, 6.07) is 3.39. The summed E-state index contributed by atoms with van der Waals surface area (Å²) in [6.45, 7) is 2.35. The maximum absolute atomic E-state index is 10.9. The highest BCUT2D eigenvalue weighted by molar-refractivity contribution is 14.0. The Labute approximate surface area is 139 Å². The van der Waals surface area contributed by atoms with Gasteiger partial charge in [-0.1, -0.05) is 6.07 Å². The lowest BCUT2D eigenvalue weighted by Crippen LogP contribution is -2.42. The van der Waals surface area contributed by atoms with Gasteiger partial charge in [0.2, 0.25) is 0 Å². The van der Waals surface area contributed by atoms with Crippen molar-refractivity contribution in [3.05, 3.63) is 29.6 Å². The van der Waals surface area contributed by atoms with Gasteiger partial charge in [0, 0.05) is 30.8 Å². The monoisotopic (exact) mass is 407 g/mol. The number of pyridine rings is 1. The Bertz CT molecular complexity index is 473. The number of amides is 1. The van der Waals surface area contributed by atoms with E-state index in [-0.39, 0.29) is 29.7 Å². The number of rotatable bonds is 3. The second kappa shape index (κ2) is 8.30. The normalized spacial score (nSPS) is 15.6. The molecule has 6 nitrogen and oxygen atoms in total. The molecule has 1 fully saturated rings. The van der Waals surface area contributed by atoms with Gasteiger partial charge < -0.3 is 16.4 Å². The lowest BCUT2D eigenvalue weighted by molar-refractivity contribution is 0.0995. The van der Waals surface area contributed by atoms with E-state index in [1.807, 2.05) is 11.8 Å². The number of primary amides is 1. The number of hydrogen-bond acceptors (Lipinski definition) is 4. The predicted molar refractivity (Wildman–Crippen MR) is 92.4 cm³/mol. The van der Waals surface area contributed by atoms with Gasteiger partial charge in [-0.05, 0) is 11.6 Å². The molecule has 0 saturated carbocycles. The number of nitrogens with zero attached hydrogens (tertiary/aromatic N) is 3. The highest BCUT2D eigenvalue weighted by Gasteiger charge is 2.11. The fraction of sp³-hybridized carbons (Fsp3) is 0.417. The lowest BCUT2D eigenvalue weighted by Gasteiger charge is -2.27. The fourth-order valence-electron chi connectivity index (χ4n) is 1.73. The Kier molecular flexibility index (Phi) is 7.06. The fourth-order valence-corrected chi connectivity index (χ4v) is 2.63. The van der Waals surface area contributed by atoms with Crippen molar-refractivity contribution < 1.29 is 4.79 Å². The Morgan fingerprint density at radius 1 is 1.35 bits per heavy atom. The van der Waals surface area contributed by atoms with Crippen LogP contribution in [0.15, 0.2) is 23.3 Å². The van der Waals surface area contributed by atoms with E-state index in [1.165, 1.54) is 0 Å². The molecule has 0 spiro atoms. The van der Waals surface area contributed by atoms with Crippen molar-refractivity contribution in [3.8, 4) is 0 Å². The van der Waals surface area contributed by atoms with E-state index in [1.54, 1.807) is 18.3 Å². The summed E-state index contributed by atoms with van der Waals surface area (Å²) in [6.07, 6.45) is 1.60. The molecule has 1 amide bonds. The predicted octanol–water partition coefficient (Wildman–Crippen LogP) is 0.662. The van der Waals surface area contributed by atoms with Crippen molar-refractivity contribution >= 4 is 47.6 Å². The highest BCUT2D eigenvalue weighted by atomic mass is 127. The first kappa shape index (κ1) is 17.0. The number of thioether (sulfide) groups is 1. The van der Waals surface area contributed by atoms with Crippen molar-refractivity contribution in [1.82, 2.24) is 9.88 Å². The smallest absolute Gasteiger partial charge is 0.267 e. The van der Waals surface area contributed by atoms with Crippen molar-refractivity contribution in [1.29, 1.82) is 0 Å². The Morgan fingerprint density at radius 3 is 2.60 bits per heavy atom. The Balaban J connectivity index is 0.00000200. The first-order valence-electron chi connectivity index (χ1n) is 6.04. The van der Waals surface area contributed by atoms with Gasteiger partial charge in [0.05, 0.1) is 6.54 Å². The minimum atomic E-state index is -0.527. The second-order valence-corrected chi connectivity index (χ2v) is 5.41. The molecule has 110 valence electrons. The van der Waals surface area contributed by atoms with Crippen molar-refractivity contribution in [2.45, 2.75) is 6.54 Å². The number of guanidine groups is 1. The van der Waals surface area contributed by atoms with Crippen LogP contribution in [0.25, 0.3) is 0 Å². The van der Waals surface area contributed by atoms with E-state index in [4.69, 9.17) is 11.5 Å². The van der Waals surface area contributed by atoms with Crippen LogP contribution in [0.5, 0.6) is 0 Å². The molecule has 8 heteroatoms. The number of carbonyl (C=O) groups is 1. The summed E-state index contributed by atoms with van der Waals surface area (Å²) in [4.78, 5) is 21.3. The van der Waals surface area contributed by atoms with Crippen LogP contribution in [0, 0.1) is 0 Å². The summed E-state index contributed by atoms with van der Waals surface area (Å²) >= 11 is 1.93. The molecule has 1 aliphatic rings. The van der Waals surface area contributed by atoms with Gasteiger partial charge in [-0.15, -0.1) is 24.0 Å². The van der Waals surface area contributed by atoms with E-state index in [0.29, 0.717) is 12.5 Å². The number of aliphatic imine (C=N–C) groups is 1. The summed E-state index contributed by atoms with van der Waals surface area (Å²) in [5, 5.41) is 0. The second-order valence-electron chi connectivity index (χ2n) is 4.19. The van der Waals surface area contributed by atoms with Gasteiger partial charge in [0.15, 0.2) is 5.96 Å². The lowest BCUT2D eigenvalue weighted by atomic mass is 10.2. The molecule has 20 heavy (non-hydrogen) atoms. The van der Waals surface area contributed by atoms with Crippen LogP contribution in [-0.4, -0.2) is 46.3 Å². The number of halogens is 1. The molecule has 0 aliphatic carbocycles. The van der Waals surface area contributed by atoms with Crippen molar-refractivity contribution in [2.75, 3.05) is 24.6 Å². The van der Waals surface area contributed by atoms with Crippen LogP contribution < -0.4 is 11.5 Å². The SMILES string of the molecule is I.NC(=O)c1ccc(CN=C(N)N2CCSCC2)cn1. The highest BCUT2D eigenvalue weighted by Crippen LogP contribution is 2.09. The topological polar surface area (TPSA) is 97.6 Å². The number of hydrogen-bond donors (Lipinski definition) is 2. The zero-order chi connectivity index (χ0) is 13.7. The van der Waals surface area contributed by atoms with Gasteiger partial charge in [0.25, 0.3) is 5.91 Å². The Morgan fingerprint density at radius 2 is 2.05 bits per heavy atom. The maximum Gasteiger partial charge on any atom is 0.267 e. The number of carbonyl (C=O) groups excluding carboxylic acids is 1. The van der Waals surface area contributed by atoms with Gasteiger partial charge in [-0.3, -0.25) is 9.78 Å².